The zero-order valence-corrected chi connectivity index (χ0v) is 15.7. The predicted molar refractivity (Wildman–Crippen MR) is 99.9 cm³/mol. The second kappa shape index (κ2) is 5.49. The summed E-state index contributed by atoms with van der Waals surface area (Å²) in [5.41, 5.74) is 2.20. The first-order valence-corrected chi connectivity index (χ1v) is 9.30. The third kappa shape index (κ3) is 2.85. The van der Waals surface area contributed by atoms with Gasteiger partial charge in [0.25, 0.3) is 0 Å². The number of aliphatic carboxylic acids is 1. The van der Waals surface area contributed by atoms with Crippen molar-refractivity contribution in [3.63, 3.8) is 0 Å². The molecule has 134 valence electrons. The molecular weight excluding hydrogens is 336 g/mol. The first-order chi connectivity index (χ1) is 11.7. The summed E-state index contributed by atoms with van der Waals surface area (Å²) in [5.74, 6) is -0.773. The number of aromatic nitrogens is 1. The molecular formula is C20H25ClN2O2. The number of halogens is 1. The zero-order valence-electron chi connectivity index (χ0n) is 15.0. The van der Waals surface area contributed by atoms with Crippen molar-refractivity contribution in [2.24, 2.45) is 10.8 Å². The van der Waals surface area contributed by atoms with Crippen LogP contribution in [0.1, 0.15) is 51.6 Å². The summed E-state index contributed by atoms with van der Waals surface area (Å²) in [6.45, 7) is 7.78. The van der Waals surface area contributed by atoms with E-state index in [4.69, 9.17) is 11.6 Å². The van der Waals surface area contributed by atoms with Crippen LogP contribution in [0.2, 0.25) is 5.02 Å². The highest BCUT2D eigenvalue weighted by molar-refractivity contribution is 6.31. The van der Waals surface area contributed by atoms with Gasteiger partial charge in [-0.1, -0.05) is 38.4 Å². The smallest absolute Gasteiger partial charge is 0.325 e. The Morgan fingerprint density at radius 1 is 1.36 bits per heavy atom. The maximum absolute atomic E-state index is 12.3. The molecule has 2 aromatic rings. The van der Waals surface area contributed by atoms with Gasteiger partial charge >= 0.3 is 5.97 Å². The van der Waals surface area contributed by atoms with Crippen LogP contribution in [0.3, 0.4) is 0 Å². The van der Waals surface area contributed by atoms with E-state index in [0.717, 1.165) is 42.3 Å². The fourth-order valence-electron chi connectivity index (χ4n) is 5.61. The Labute approximate surface area is 153 Å². The van der Waals surface area contributed by atoms with E-state index in [2.05, 4.69) is 30.7 Å². The van der Waals surface area contributed by atoms with E-state index in [1.54, 1.807) is 0 Å². The molecule has 0 unspecified atom stereocenters. The Hall–Kier alpha value is -1.52. The lowest BCUT2D eigenvalue weighted by molar-refractivity contribution is -0.144. The Morgan fingerprint density at radius 2 is 2.12 bits per heavy atom. The topological polar surface area (TPSA) is 56.3 Å². The van der Waals surface area contributed by atoms with Crippen molar-refractivity contribution in [2.75, 3.05) is 6.54 Å². The van der Waals surface area contributed by atoms with E-state index in [1.807, 2.05) is 24.4 Å². The summed E-state index contributed by atoms with van der Waals surface area (Å²) in [7, 11) is 0. The van der Waals surface area contributed by atoms with E-state index in [-0.39, 0.29) is 10.8 Å². The van der Waals surface area contributed by atoms with E-state index in [0.29, 0.717) is 11.1 Å². The van der Waals surface area contributed by atoms with Crippen LogP contribution in [0.15, 0.2) is 24.4 Å². The summed E-state index contributed by atoms with van der Waals surface area (Å²) in [5, 5.41) is 11.7. The lowest BCUT2D eigenvalue weighted by Gasteiger charge is -2.40. The monoisotopic (exact) mass is 360 g/mol. The Morgan fingerprint density at radius 3 is 2.84 bits per heavy atom. The minimum absolute atomic E-state index is 0.204. The van der Waals surface area contributed by atoms with Gasteiger partial charge in [0.1, 0.15) is 6.04 Å². The van der Waals surface area contributed by atoms with Gasteiger partial charge < -0.3 is 10.1 Å². The van der Waals surface area contributed by atoms with Crippen LogP contribution in [0.25, 0.3) is 10.9 Å². The molecule has 1 aliphatic carbocycles. The molecule has 1 saturated carbocycles. The Bertz CT molecular complexity index is 843. The molecule has 4 rings (SSSR count). The van der Waals surface area contributed by atoms with Crippen LogP contribution in [0, 0.1) is 10.8 Å². The van der Waals surface area contributed by atoms with E-state index in [9.17, 15) is 9.90 Å². The average molecular weight is 361 g/mol. The van der Waals surface area contributed by atoms with E-state index in [1.165, 1.54) is 0 Å². The predicted octanol–water partition coefficient (Wildman–Crippen LogP) is 4.85. The van der Waals surface area contributed by atoms with E-state index < -0.39 is 12.0 Å². The van der Waals surface area contributed by atoms with Crippen molar-refractivity contribution >= 4 is 28.5 Å². The van der Waals surface area contributed by atoms with Crippen LogP contribution < -0.4 is 0 Å². The lowest BCUT2D eigenvalue weighted by atomic mass is 9.65. The molecule has 0 spiro atoms. The quantitative estimate of drug-likeness (QED) is 0.822. The SMILES string of the molecule is CC1(C)C[C@@H]2C[C@](C)(CN2[C@H](C(=O)O)c2c[nH]c3cc(Cl)ccc23)C1. The van der Waals surface area contributed by atoms with Crippen molar-refractivity contribution in [3.05, 3.63) is 35.0 Å². The average Bonchev–Trinajstić information content (AvgIpc) is 2.97. The van der Waals surface area contributed by atoms with Crippen molar-refractivity contribution < 1.29 is 9.90 Å². The van der Waals surface area contributed by atoms with Gasteiger partial charge in [-0.25, -0.2) is 0 Å². The van der Waals surface area contributed by atoms with Crippen LogP contribution in [-0.2, 0) is 4.79 Å². The number of nitrogens with one attached hydrogen (secondary N) is 1. The highest BCUT2D eigenvalue weighted by Gasteiger charge is 2.52. The van der Waals surface area contributed by atoms with Crippen molar-refractivity contribution in [1.29, 1.82) is 0 Å². The van der Waals surface area contributed by atoms with Gasteiger partial charge in [-0.3, -0.25) is 9.69 Å². The van der Waals surface area contributed by atoms with Gasteiger partial charge in [0.05, 0.1) is 0 Å². The number of hydrogen-bond acceptors (Lipinski definition) is 2. The summed E-state index contributed by atoms with van der Waals surface area (Å²) in [6, 6.07) is 5.31. The number of hydrogen-bond donors (Lipinski definition) is 2. The summed E-state index contributed by atoms with van der Waals surface area (Å²) < 4.78 is 0. The number of H-pyrrole nitrogens is 1. The minimum Gasteiger partial charge on any atom is -0.480 e. The second-order valence-electron chi connectivity index (χ2n) is 9.06. The van der Waals surface area contributed by atoms with Crippen molar-refractivity contribution in [3.8, 4) is 0 Å². The van der Waals surface area contributed by atoms with Crippen molar-refractivity contribution in [1.82, 2.24) is 9.88 Å². The molecule has 5 heteroatoms. The van der Waals surface area contributed by atoms with Gasteiger partial charge in [0.2, 0.25) is 0 Å². The van der Waals surface area contributed by atoms with Crippen LogP contribution in [0.5, 0.6) is 0 Å². The number of rotatable bonds is 3. The molecule has 0 radical (unpaired) electrons. The maximum atomic E-state index is 12.3. The largest absolute Gasteiger partial charge is 0.480 e. The Kier molecular flexibility index (Phi) is 3.71. The first kappa shape index (κ1) is 16.9. The third-order valence-corrected chi connectivity index (χ3v) is 6.23. The molecule has 4 nitrogen and oxygen atoms in total. The fraction of sp³-hybridized carbons (Fsp3) is 0.550. The van der Waals surface area contributed by atoms with Crippen molar-refractivity contribution in [2.45, 2.75) is 52.1 Å². The number of fused-ring (bicyclic) bond motifs is 3. The van der Waals surface area contributed by atoms with Crippen LogP contribution >= 0.6 is 11.6 Å². The molecule has 1 aliphatic heterocycles. The van der Waals surface area contributed by atoms with E-state index >= 15 is 0 Å². The standard InChI is InChI=1S/C20H25ClN2O2/c1-19(2)7-13-8-20(3,10-19)11-23(13)17(18(24)25)15-9-22-16-6-12(21)4-5-14(15)16/h4-6,9,13,17,22H,7-8,10-11H2,1-3H3,(H,24,25)/t13-,17+,20+/m1/s1. The lowest BCUT2D eigenvalue weighted by Crippen LogP contribution is -2.39. The van der Waals surface area contributed by atoms with Gasteiger partial charge in [-0.15, -0.1) is 0 Å². The Balaban J connectivity index is 1.76. The van der Waals surface area contributed by atoms with Crippen LogP contribution in [-0.4, -0.2) is 33.5 Å². The molecule has 1 saturated heterocycles. The molecule has 25 heavy (non-hydrogen) atoms. The normalized spacial score (nSPS) is 29.8. The minimum atomic E-state index is -0.773. The highest BCUT2D eigenvalue weighted by Crippen LogP contribution is 2.54. The van der Waals surface area contributed by atoms with Gasteiger partial charge in [0.15, 0.2) is 0 Å². The number of benzene rings is 1. The van der Waals surface area contributed by atoms with Gasteiger partial charge in [0, 0.05) is 40.3 Å². The number of likely N-dealkylation sites (tertiary alicyclic amines) is 1. The highest BCUT2D eigenvalue weighted by atomic mass is 35.5. The summed E-state index contributed by atoms with van der Waals surface area (Å²) in [6.07, 6.45) is 5.15. The molecule has 0 amide bonds. The molecule has 2 N–H and O–H groups in total. The number of carboxylic acids is 1. The van der Waals surface area contributed by atoms with Gasteiger partial charge in [-0.2, -0.15) is 0 Å². The van der Waals surface area contributed by atoms with Crippen LogP contribution in [0.4, 0.5) is 0 Å². The summed E-state index contributed by atoms with van der Waals surface area (Å²) in [4.78, 5) is 17.7. The molecule has 1 aromatic carbocycles. The second-order valence-corrected chi connectivity index (χ2v) is 9.50. The number of aromatic amines is 1. The molecule has 1 aromatic heterocycles. The molecule has 2 fully saturated rings. The third-order valence-electron chi connectivity index (χ3n) is 5.99. The number of carboxylic acid groups (broad SMARTS) is 1. The molecule has 2 aliphatic rings. The number of nitrogens with zero attached hydrogens (tertiary/aromatic N) is 1. The number of carbonyl (C=O) groups is 1. The zero-order chi connectivity index (χ0) is 18.0. The fourth-order valence-corrected chi connectivity index (χ4v) is 5.78. The molecule has 3 atom stereocenters. The maximum Gasteiger partial charge on any atom is 0.325 e. The van der Waals surface area contributed by atoms with Gasteiger partial charge in [-0.05, 0) is 42.2 Å². The first-order valence-electron chi connectivity index (χ1n) is 8.93. The summed E-state index contributed by atoms with van der Waals surface area (Å²) >= 11 is 6.07. The molecule has 2 heterocycles. The molecule has 2 bridgehead atoms.